The van der Waals surface area contributed by atoms with Gasteiger partial charge in [-0.25, -0.2) is 0 Å². The molecule has 2 fully saturated rings. The zero-order valence-corrected chi connectivity index (χ0v) is 16.1. The minimum Gasteiger partial charge on any atom is -0.383 e. The molecule has 1 aliphatic heterocycles. The summed E-state index contributed by atoms with van der Waals surface area (Å²) in [6.07, 6.45) is 7.15. The maximum atomic E-state index is 12.6. The molecule has 0 atom stereocenters. The van der Waals surface area contributed by atoms with E-state index >= 15 is 0 Å². The summed E-state index contributed by atoms with van der Waals surface area (Å²) in [5, 5.41) is 0. The zero-order chi connectivity index (χ0) is 17.3. The largest absolute Gasteiger partial charge is 0.383 e. The molecule has 3 rings (SSSR count). The van der Waals surface area contributed by atoms with Gasteiger partial charge in [-0.15, -0.1) is 0 Å². The summed E-state index contributed by atoms with van der Waals surface area (Å²) in [4.78, 5) is 14.9. The number of rotatable bonds is 5. The van der Waals surface area contributed by atoms with Gasteiger partial charge >= 0.3 is 0 Å². The van der Waals surface area contributed by atoms with Crippen molar-refractivity contribution in [1.29, 1.82) is 0 Å². The Balaban J connectivity index is 1.85. The molecule has 24 heavy (non-hydrogen) atoms. The number of carbonyl (C=O) groups is 1. The number of aryl methyl sites for hydroxylation is 1. The van der Waals surface area contributed by atoms with Crippen LogP contribution < -0.4 is 0 Å². The highest BCUT2D eigenvalue weighted by Gasteiger charge is 2.32. The number of thiocarbonyl (C=S) groups is 1. The van der Waals surface area contributed by atoms with E-state index in [1.54, 1.807) is 12.0 Å². The Morgan fingerprint density at radius 3 is 2.75 bits per heavy atom. The molecule has 130 valence electrons. The number of amides is 1. The smallest absolute Gasteiger partial charge is 0.266 e. The highest BCUT2D eigenvalue weighted by atomic mass is 32.2. The van der Waals surface area contributed by atoms with E-state index in [-0.39, 0.29) is 5.91 Å². The molecule has 0 unspecified atom stereocenters. The molecule has 6 heteroatoms. The van der Waals surface area contributed by atoms with Crippen LogP contribution in [0.4, 0.5) is 0 Å². The normalized spacial score (nSPS) is 20.8. The fourth-order valence-electron chi connectivity index (χ4n) is 3.69. The van der Waals surface area contributed by atoms with E-state index in [1.807, 2.05) is 6.08 Å². The van der Waals surface area contributed by atoms with E-state index in [0.717, 1.165) is 5.56 Å². The molecule has 0 N–H and O–H groups in total. The van der Waals surface area contributed by atoms with Crippen LogP contribution >= 0.6 is 24.0 Å². The van der Waals surface area contributed by atoms with Crippen molar-refractivity contribution in [3.8, 4) is 0 Å². The van der Waals surface area contributed by atoms with Crippen molar-refractivity contribution in [2.75, 3.05) is 20.3 Å². The van der Waals surface area contributed by atoms with Crippen molar-refractivity contribution in [3.05, 3.63) is 27.9 Å². The van der Waals surface area contributed by atoms with Crippen LogP contribution in [0.1, 0.15) is 48.7 Å². The molecule has 1 amide bonds. The number of methoxy groups -OCH3 is 1. The van der Waals surface area contributed by atoms with Gasteiger partial charge in [0.1, 0.15) is 4.32 Å². The molecule has 0 aromatic carbocycles. The van der Waals surface area contributed by atoms with Crippen LogP contribution in [-0.4, -0.2) is 40.0 Å². The first-order chi connectivity index (χ1) is 11.5. The minimum absolute atomic E-state index is 0.00674. The first kappa shape index (κ1) is 17.7. The van der Waals surface area contributed by atoms with Gasteiger partial charge in [0.15, 0.2) is 0 Å². The number of hydrogen-bond acceptors (Lipinski definition) is 4. The second-order valence-electron chi connectivity index (χ2n) is 6.46. The summed E-state index contributed by atoms with van der Waals surface area (Å²) in [6, 6.07) is 2.80. The van der Waals surface area contributed by atoms with Crippen LogP contribution in [0.5, 0.6) is 0 Å². The Kier molecular flexibility index (Phi) is 5.47. The van der Waals surface area contributed by atoms with Crippen molar-refractivity contribution >= 4 is 40.3 Å². The van der Waals surface area contributed by atoms with Gasteiger partial charge in [-0.3, -0.25) is 9.69 Å². The summed E-state index contributed by atoms with van der Waals surface area (Å²) in [5.74, 6) is -0.00674. The van der Waals surface area contributed by atoms with E-state index < -0.39 is 0 Å². The number of hydrogen-bond donors (Lipinski definition) is 0. The summed E-state index contributed by atoms with van der Waals surface area (Å²) in [7, 11) is 1.63. The van der Waals surface area contributed by atoms with Crippen LogP contribution in [0.3, 0.4) is 0 Å². The molecule has 0 bridgehead atoms. The molecule has 1 aromatic rings. The minimum atomic E-state index is -0.00674. The van der Waals surface area contributed by atoms with Gasteiger partial charge in [-0.05, 0) is 44.4 Å². The number of nitrogens with zero attached hydrogens (tertiary/aromatic N) is 2. The number of ether oxygens (including phenoxy) is 1. The topological polar surface area (TPSA) is 34.5 Å². The van der Waals surface area contributed by atoms with E-state index in [4.69, 9.17) is 17.0 Å². The maximum absolute atomic E-state index is 12.6. The Morgan fingerprint density at radius 2 is 2.08 bits per heavy atom. The molecule has 1 aromatic heterocycles. The number of aromatic nitrogens is 1. The average molecular weight is 365 g/mol. The van der Waals surface area contributed by atoms with Gasteiger partial charge in [0.25, 0.3) is 5.91 Å². The zero-order valence-electron chi connectivity index (χ0n) is 14.5. The predicted octanol–water partition coefficient (Wildman–Crippen LogP) is 4.07. The molecule has 2 aliphatic rings. The molecule has 0 radical (unpaired) electrons. The molecule has 2 heterocycles. The Hall–Kier alpha value is -1.11. The van der Waals surface area contributed by atoms with E-state index in [9.17, 15) is 4.79 Å². The lowest BCUT2D eigenvalue weighted by Crippen LogP contribution is -2.31. The standard InChI is InChI=1S/C18H24N2O2S2/c1-12-10-14(13(2)20(12)15-6-4-5-7-15)11-16-17(21)19(8-9-22-3)18(23)24-16/h10-11,15H,4-9H2,1-3H3/b16-11-. The van der Waals surface area contributed by atoms with Crippen molar-refractivity contribution in [3.63, 3.8) is 0 Å². The molecular weight excluding hydrogens is 340 g/mol. The van der Waals surface area contributed by atoms with Crippen LogP contribution in [0, 0.1) is 13.8 Å². The first-order valence-electron chi connectivity index (χ1n) is 8.45. The van der Waals surface area contributed by atoms with Gasteiger partial charge < -0.3 is 9.30 Å². The second kappa shape index (κ2) is 7.42. The average Bonchev–Trinajstić information content (AvgIpc) is 3.21. The molecule has 1 saturated heterocycles. The van der Waals surface area contributed by atoms with Gasteiger partial charge in [0.2, 0.25) is 0 Å². The first-order valence-corrected chi connectivity index (χ1v) is 9.68. The monoisotopic (exact) mass is 364 g/mol. The van der Waals surface area contributed by atoms with E-state index in [1.165, 1.54) is 48.8 Å². The second-order valence-corrected chi connectivity index (χ2v) is 8.14. The number of thioether (sulfide) groups is 1. The third-order valence-electron chi connectivity index (χ3n) is 4.89. The van der Waals surface area contributed by atoms with E-state index in [0.29, 0.717) is 28.4 Å². The van der Waals surface area contributed by atoms with Gasteiger partial charge in [0.05, 0.1) is 18.1 Å². The quantitative estimate of drug-likeness (QED) is 0.583. The van der Waals surface area contributed by atoms with E-state index in [2.05, 4.69) is 24.5 Å². The van der Waals surface area contributed by atoms with Gasteiger partial charge in [-0.1, -0.05) is 36.8 Å². The van der Waals surface area contributed by atoms with Gasteiger partial charge in [0, 0.05) is 24.5 Å². The lowest BCUT2D eigenvalue weighted by Gasteiger charge is -2.17. The third kappa shape index (κ3) is 3.32. The lowest BCUT2D eigenvalue weighted by molar-refractivity contribution is -0.122. The lowest BCUT2D eigenvalue weighted by atomic mass is 10.2. The molecule has 0 spiro atoms. The van der Waals surface area contributed by atoms with Crippen LogP contribution in [-0.2, 0) is 9.53 Å². The Bertz CT molecular complexity index is 687. The third-order valence-corrected chi connectivity index (χ3v) is 6.27. The fraction of sp³-hybridized carbons (Fsp3) is 0.556. The summed E-state index contributed by atoms with van der Waals surface area (Å²) >= 11 is 6.73. The van der Waals surface area contributed by atoms with Crippen molar-refractivity contribution in [2.45, 2.75) is 45.6 Å². The molecule has 1 aliphatic carbocycles. The molecular formula is C18H24N2O2S2. The molecule has 1 saturated carbocycles. The summed E-state index contributed by atoms with van der Waals surface area (Å²) in [5.41, 5.74) is 3.66. The van der Waals surface area contributed by atoms with Crippen LogP contribution in [0.2, 0.25) is 0 Å². The van der Waals surface area contributed by atoms with Gasteiger partial charge in [-0.2, -0.15) is 0 Å². The maximum Gasteiger partial charge on any atom is 0.266 e. The highest BCUT2D eigenvalue weighted by Crippen LogP contribution is 2.36. The summed E-state index contributed by atoms with van der Waals surface area (Å²) < 4.78 is 8.13. The van der Waals surface area contributed by atoms with Crippen molar-refractivity contribution in [1.82, 2.24) is 9.47 Å². The van der Waals surface area contributed by atoms with Crippen LogP contribution in [0.25, 0.3) is 6.08 Å². The summed E-state index contributed by atoms with van der Waals surface area (Å²) in [6.45, 7) is 5.32. The number of carbonyl (C=O) groups excluding carboxylic acids is 1. The van der Waals surface area contributed by atoms with Crippen molar-refractivity contribution < 1.29 is 9.53 Å². The Labute approximate surface area is 153 Å². The molecule has 4 nitrogen and oxygen atoms in total. The Morgan fingerprint density at radius 1 is 1.38 bits per heavy atom. The highest BCUT2D eigenvalue weighted by molar-refractivity contribution is 8.26. The SMILES string of the molecule is COCCN1C(=O)/C(=C/c2cc(C)n(C3CCCC3)c2C)SC1=S. The predicted molar refractivity (Wildman–Crippen MR) is 103 cm³/mol. The van der Waals surface area contributed by atoms with Crippen LogP contribution in [0.15, 0.2) is 11.0 Å². The fourth-order valence-corrected chi connectivity index (χ4v) is 4.99. The van der Waals surface area contributed by atoms with Crippen molar-refractivity contribution in [2.24, 2.45) is 0 Å².